The van der Waals surface area contributed by atoms with Crippen molar-refractivity contribution in [2.75, 3.05) is 0 Å². The Morgan fingerprint density at radius 3 is 2.89 bits per heavy atom. The van der Waals surface area contributed by atoms with Gasteiger partial charge in [0.05, 0.1) is 6.04 Å². The van der Waals surface area contributed by atoms with Crippen LogP contribution in [0.25, 0.3) is 0 Å². The average Bonchev–Trinajstić information content (AvgIpc) is 3.19. The summed E-state index contributed by atoms with van der Waals surface area (Å²) in [6.07, 6.45) is 1.95. The van der Waals surface area contributed by atoms with Crippen molar-refractivity contribution in [3.05, 3.63) is 29.6 Å². The highest BCUT2D eigenvalue weighted by molar-refractivity contribution is 5.97. The first-order chi connectivity index (χ1) is 8.61. The number of hydrogen-bond acceptors (Lipinski definition) is 4. The highest BCUT2D eigenvalue weighted by Crippen LogP contribution is 2.32. The van der Waals surface area contributed by atoms with Gasteiger partial charge in [0, 0.05) is 5.69 Å². The van der Waals surface area contributed by atoms with Crippen LogP contribution in [-0.2, 0) is 0 Å². The molecule has 1 amide bonds. The molecule has 1 atom stereocenters. The van der Waals surface area contributed by atoms with Crippen LogP contribution < -0.4 is 11.1 Å². The van der Waals surface area contributed by atoms with E-state index in [9.17, 15) is 4.79 Å². The van der Waals surface area contributed by atoms with E-state index in [4.69, 9.17) is 10.9 Å². The van der Waals surface area contributed by atoms with Gasteiger partial charge >= 0.3 is 0 Å². The van der Waals surface area contributed by atoms with Crippen molar-refractivity contribution >= 4 is 11.7 Å². The van der Waals surface area contributed by atoms with E-state index >= 15 is 0 Å². The molecule has 4 N–H and O–H groups in total. The molecule has 6 heteroatoms. The SMILES string of the molecule is Cc1cccc(C(=O)NC(C(N)=NO)C2CC2)n1. The lowest BCUT2D eigenvalue weighted by Gasteiger charge is -2.16. The number of nitrogens with two attached hydrogens (primary N) is 1. The molecule has 0 aliphatic heterocycles. The number of oxime groups is 1. The van der Waals surface area contributed by atoms with Gasteiger partial charge in [0.2, 0.25) is 0 Å². The Morgan fingerprint density at radius 2 is 2.33 bits per heavy atom. The summed E-state index contributed by atoms with van der Waals surface area (Å²) in [5.74, 6) is -0.00429. The number of amides is 1. The molecule has 1 aliphatic carbocycles. The smallest absolute Gasteiger partial charge is 0.270 e. The first kappa shape index (κ1) is 12.3. The zero-order valence-corrected chi connectivity index (χ0v) is 10.1. The summed E-state index contributed by atoms with van der Waals surface area (Å²) < 4.78 is 0. The summed E-state index contributed by atoms with van der Waals surface area (Å²) >= 11 is 0. The topological polar surface area (TPSA) is 101 Å². The van der Waals surface area contributed by atoms with Crippen LogP contribution in [0.5, 0.6) is 0 Å². The van der Waals surface area contributed by atoms with E-state index in [1.807, 2.05) is 13.0 Å². The van der Waals surface area contributed by atoms with E-state index in [1.54, 1.807) is 12.1 Å². The molecule has 0 spiro atoms. The lowest BCUT2D eigenvalue weighted by Crippen LogP contribution is -2.46. The van der Waals surface area contributed by atoms with Gasteiger partial charge in [-0.15, -0.1) is 0 Å². The quantitative estimate of drug-likeness (QED) is 0.315. The predicted octanol–water partition coefficient (Wildman–Crippen LogP) is 0.645. The first-order valence-electron chi connectivity index (χ1n) is 5.83. The Hall–Kier alpha value is -2.11. The van der Waals surface area contributed by atoms with Crippen molar-refractivity contribution in [3.8, 4) is 0 Å². The number of aromatic nitrogens is 1. The summed E-state index contributed by atoms with van der Waals surface area (Å²) in [7, 11) is 0. The molecule has 96 valence electrons. The van der Waals surface area contributed by atoms with Gasteiger partial charge in [0.15, 0.2) is 5.84 Å². The van der Waals surface area contributed by atoms with E-state index in [0.717, 1.165) is 18.5 Å². The second-order valence-corrected chi connectivity index (χ2v) is 4.48. The number of carbonyl (C=O) groups is 1. The molecule has 0 saturated heterocycles. The Morgan fingerprint density at radius 1 is 1.61 bits per heavy atom. The molecule has 1 aliphatic rings. The average molecular weight is 248 g/mol. The highest BCUT2D eigenvalue weighted by Gasteiger charge is 2.35. The van der Waals surface area contributed by atoms with Crippen LogP contribution >= 0.6 is 0 Å². The van der Waals surface area contributed by atoms with Gasteiger partial charge in [-0.25, -0.2) is 4.98 Å². The molecule has 0 radical (unpaired) electrons. The van der Waals surface area contributed by atoms with Crippen LogP contribution in [0.4, 0.5) is 0 Å². The van der Waals surface area contributed by atoms with Crippen LogP contribution in [0.15, 0.2) is 23.4 Å². The fraction of sp³-hybridized carbons (Fsp3) is 0.417. The molecule has 1 unspecified atom stereocenters. The second-order valence-electron chi connectivity index (χ2n) is 4.48. The second kappa shape index (κ2) is 5.03. The molecule has 1 saturated carbocycles. The minimum atomic E-state index is -0.412. The van der Waals surface area contributed by atoms with Gasteiger partial charge in [-0.05, 0) is 37.8 Å². The number of carbonyl (C=O) groups excluding carboxylic acids is 1. The van der Waals surface area contributed by atoms with Gasteiger partial charge in [0.25, 0.3) is 5.91 Å². The Balaban J connectivity index is 2.10. The molecule has 2 rings (SSSR count). The van der Waals surface area contributed by atoms with Crippen LogP contribution in [-0.4, -0.2) is 28.0 Å². The molecule has 1 aromatic rings. The summed E-state index contributed by atoms with van der Waals surface area (Å²) in [5.41, 5.74) is 6.69. The van der Waals surface area contributed by atoms with Crippen molar-refractivity contribution in [2.24, 2.45) is 16.8 Å². The minimum Gasteiger partial charge on any atom is -0.409 e. The molecule has 1 heterocycles. The van der Waals surface area contributed by atoms with Gasteiger partial charge in [-0.2, -0.15) is 0 Å². The van der Waals surface area contributed by atoms with E-state index < -0.39 is 6.04 Å². The third kappa shape index (κ3) is 2.77. The summed E-state index contributed by atoms with van der Waals surface area (Å²) in [6.45, 7) is 1.82. The number of hydrogen-bond donors (Lipinski definition) is 3. The number of aryl methyl sites for hydroxylation is 1. The van der Waals surface area contributed by atoms with E-state index in [0.29, 0.717) is 5.69 Å². The zero-order valence-electron chi connectivity index (χ0n) is 10.1. The maximum Gasteiger partial charge on any atom is 0.270 e. The van der Waals surface area contributed by atoms with Crippen LogP contribution in [0.3, 0.4) is 0 Å². The van der Waals surface area contributed by atoms with Crippen molar-refractivity contribution in [3.63, 3.8) is 0 Å². The predicted molar refractivity (Wildman–Crippen MR) is 66.4 cm³/mol. The first-order valence-corrected chi connectivity index (χ1v) is 5.83. The molecule has 18 heavy (non-hydrogen) atoms. The molecule has 0 bridgehead atoms. The molecule has 1 aromatic heterocycles. The summed E-state index contributed by atoms with van der Waals surface area (Å²) in [6, 6.07) is 4.81. The Kier molecular flexibility index (Phi) is 3.45. The van der Waals surface area contributed by atoms with Gasteiger partial charge in [0.1, 0.15) is 5.69 Å². The van der Waals surface area contributed by atoms with Gasteiger partial charge < -0.3 is 16.3 Å². The molecular weight excluding hydrogens is 232 g/mol. The molecule has 1 fully saturated rings. The number of pyridine rings is 1. The van der Waals surface area contributed by atoms with Crippen molar-refractivity contribution < 1.29 is 10.0 Å². The normalized spacial score (nSPS) is 17.3. The largest absolute Gasteiger partial charge is 0.409 e. The summed E-state index contributed by atoms with van der Waals surface area (Å²) in [4.78, 5) is 16.1. The third-order valence-electron chi connectivity index (χ3n) is 2.94. The van der Waals surface area contributed by atoms with Crippen molar-refractivity contribution in [1.82, 2.24) is 10.3 Å². The van der Waals surface area contributed by atoms with Crippen LogP contribution in [0.1, 0.15) is 29.0 Å². The Labute approximate surface area is 105 Å². The zero-order chi connectivity index (χ0) is 13.1. The standard InChI is InChI=1S/C12H16N4O2/c1-7-3-2-4-9(14-7)12(17)15-10(8-5-6-8)11(13)16-18/h2-4,8,10,18H,5-6H2,1H3,(H2,13,16)(H,15,17). The van der Waals surface area contributed by atoms with Gasteiger partial charge in [-0.1, -0.05) is 11.2 Å². The molecular formula is C12H16N4O2. The monoisotopic (exact) mass is 248 g/mol. The fourth-order valence-corrected chi connectivity index (χ4v) is 1.81. The summed E-state index contributed by atoms with van der Waals surface area (Å²) in [5, 5.41) is 14.4. The lowest BCUT2D eigenvalue weighted by atomic mass is 10.1. The number of nitrogens with one attached hydrogen (secondary N) is 1. The van der Waals surface area contributed by atoms with Crippen molar-refractivity contribution in [1.29, 1.82) is 0 Å². The number of nitrogens with zero attached hydrogens (tertiary/aromatic N) is 2. The fourth-order valence-electron chi connectivity index (χ4n) is 1.81. The van der Waals surface area contributed by atoms with E-state index in [2.05, 4.69) is 15.5 Å². The highest BCUT2D eigenvalue weighted by atomic mass is 16.4. The Bertz CT molecular complexity index is 483. The molecule has 0 aromatic carbocycles. The molecule has 6 nitrogen and oxygen atoms in total. The van der Waals surface area contributed by atoms with Crippen LogP contribution in [0.2, 0.25) is 0 Å². The van der Waals surface area contributed by atoms with E-state index in [1.165, 1.54) is 0 Å². The lowest BCUT2D eigenvalue weighted by molar-refractivity contribution is 0.0937. The van der Waals surface area contributed by atoms with Gasteiger partial charge in [-0.3, -0.25) is 4.79 Å². The maximum atomic E-state index is 12.0. The van der Waals surface area contributed by atoms with Crippen molar-refractivity contribution in [2.45, 2.75) is 25.8 Å². The minimum absolute atomic E-state index is 0.0403. The van der Waals surface area contributed by atoms with Crippen LogP contribution in [0, 0.1) is 12.8 Å². The number of rotatable bonds is 4. The van der Waals surface area contributed by atoms with E-state index in [-0.39, 0.29) is 17.7 Å². The third-order valence-corrected chi connectivity index (χ3v) is 2.94. The number of amidine groups is 1. The maximum absolute atomic E-state index is 12.0.